The second-order valence-electron chi connectivity index (χ2n) is 4.75. The zero-order valence-electron chi connectivity index (χ0n) is 12.0. The molecule has 6 nitrogen and oxygen atoms in total. The molecule has 2 aromatic rings. The molecule has 0 aliphatic heterocycles. The summed E-state index contributed by atoms with van der Waals surface area (Å²) in [6.07, 6.45) is 2.38. The molecular formula is C16H17N3O3. The molecule has 1 aromatic heterocycles. The quantitative estimate of drug-likeness (QED) is 0.795. The zero-order valence-corrected chi connectivity index (χ0v) is 12.0. The number of hydrogen-bond acceptors (Lipinski definition) is 3. The third kappa shape index (κ3) is 4.90. The number of carbonyl (C=O) groups is 2. The van der Waals surface area contributed by atoms with Crippen LogP contribution in [0, 0.1) is 0 Å². The summed E-state index contributed by atoms with van der Waals surface area (Å²) in [5.41, 5.74) is 5.42. The van der Waals surface area contributed by atoms with Crippen molar-refractivity contribution in [2.75, 3.05) is 0 Å². The molecule has 0 bridgehead atoms. The van der Waals surface area contributed by atoms with Crippen LogP contribution in [-0.2, 0) is 22.6 Å². The summed E-state index contributed by atoms with van der Waals surface area (Å²) < 4.78 is 1.26. The van der Waals surface area contributed by atoms with Crippen LogP contribution in [0.3, 0.4) is 0 Å². The number of amides is 2. The van der Waals surface area contributed by atoms with Crippen molar-refractivity contribution in [3.05, 3.63) is 70.6 Å². The topological polar surface area (TPSA) is 80.2 Å². The lowest BCUT2D eigenvalue weighted by atomic mass is 10.1. The predicted octanol–water partition coefficient (Wildman–Crippen LogP) is 0.628. The molecule has 0 aliphatic rings. The molecule has 0 atom stereocenters. The van der Waals surface area contributed by atoms with E-state index in [0.717, 1.165) is 5.56 Å². The molecule has 0 radical (unpaired) electrons. The van der Waals surface area contributed by atoms with Crippen LogP contribution in [0.2, 0.25) is 0 Å². The van der Waals surface area contributed by atoms with Gasteiger partial charge in [0.25, 0.3) is 11.5 Å². The number of pyridine rings is 1. The molecule has 2 N–H and O–H groups in total. The molecule has 22 heavy (non-hydrogen) atoms. The Bertz CT molecular complexity index is 695. The molecule has 0 aliphatic carbocycles. The predicted molar refractivity (Wildman–Crippen MR) is 81.8 cm³/mol. The Morgan fingerprint density at radius 3 is 2.32 bits per heavy atom. The maximum absolute atomic E-state index is 11.7. The zero-order chi connectivity index (χ0) is 15.8. The van der Waals surface area contributed by atoms with Gasteiger partial charge in [0.15, 0.2) is 0 Å². The number of aromatic nitrogens is 1. The Morgan fingerprint density at radius 1 is 0.909 bits per heavy atom. The van der Waals surface area contributed by atoms with Crippen molar-refractivity contribution < 1.29 is 9.59 Å². The SMILES string of the molecule is O=C(CCc1ccccc1)NNC(=O)Cn1ccccc1=O. The molecule has 6 heteroatoms. The van der Waals surface area contributed by atoms with Crippen molar-refractivity contribution >= 4 is 11.8 Å². The lowest BCUT2D eigenvalue weighted by Gasteiger charge is -2.08. The van der Waals surface area contributed by atoms with Crippen LogP contribution < -0.4 is 16.4 Å². The van der Waals surface area contributed by atoms with Gasteiger partial charge in [-0.25, -0.2) is 0 Å². The number of hydrogen-bond donors (Lipinski definition) is 2. The fourth-order valence-electron chi connectivity index (χ4n) is 1.89. The largest absolute Gasteiger partial charge is 0.306 e. The van der Waals surface area contributed by atoms with E-state index < -0.39 is 5.91 Å². The van der Waals surface area contributed by atoms with Crippen molar-refractivity contribution in [1.82, 2.24) is 15.4 Å². The van der Waals surface area contributed by atoms with Crippen LogP contribution in [0.5, 0.6) is 0 Å². The minimum atomic E-state index is -0.457. The molecule has 0 unspecified atom stereocenters. The second kappa shape index (κ2) is 7.78. The smallest absolute Gasteiger partial charge is 0.258 e. The molecular weight excluding hydrogens is 282 g/mol. The summed E-state index contributed by atoms with van der Waals surface area (Å²) in [6, 6.07) is 14.2. The van der Waals surface area contributed by atoms with Gasteiger partial charge in [0.2, 0.25) is 5.91 Å². The third-order valence-electron chi connectivity index (χ3n) is 3.04. The van der Waals surface area contributed by atoms with E-state index in [9.17, 15) is 14.4 Å². The summed E-state index contributed by atoms with van der Waals surface area (Å²) in [6.45, 7) is -0.140. The molecule has 1 aromatic carbocycles. The van der Waals surface area contributed by atoms with E-state index in [4.69, 9.17) is 0 Å². The maximum Gasteiger partial charge on any atom is 0.258 e. The average Bonchev–Trinajstić information content (AvgIpc) is 2.54. The van der Waals surface area contributed by atoms with Crippen molar-refractivity contribution in [1.29, 1.82) is 0 Å². The lowest BCUT2D eigenvalue weighted by molar-refractivity contribution is -0.129. The van der Waals surface area contributed by atoms with Gasteiger partial charge in [0, 0.05) is 18.7 Å². The summed E-state index contributed by atoms with van der Waals surface area (Å²) in [5.74, 6) is -0.737. The number of nitrogens with one attached hydrogen (secondary N) is 2. The van der Waals surface area contributed by atoms with Gasteiger partial charge in [-0.3, -0.25) is 25.2 Å². The van der Waals surface area contributed by atoms with E-state index in [1.807, 2.05) is 30.3 Å². The standard InChI is InChI=1S/C16H17N3O3/c20-14(10-9-13-6-2-1-3-7-13)17-18-15(21)12-19-11-5-4-8-16(19)22/h1-8,11H,9-10,12H2,(H,17,20)(H,18,21). The first-order valence-corrected chi connectivity index (χ1v) is 6.92. The lowest BCUT2D eigenvalue weighted by Crippen LogP contribution is -2.44. The van der Waals surface area contributed by atoms with Crippen molar-refractivity contribution in [3.63, 3.8) is 0 Å². The summed E-state index contributed by atoms with van der Waals surface area (Å²) in [7, 11) is 0. The van der Waals surface area contributed by atoms with Gasteiger partial charge in [-0.1, -0.05) is 36.4 Å². The number of rotatable bonds is 5. The molecule has 0 saturated carbocycles. The summed E-state index contributed by atoms with van der Waals surface area (Å²) >= 11 is 0. The van der Waals surface area contributed by atoms with Gasteiger partial charge in [-0.15, -0.1) is 0 Å². The van der Waals surface area contributed by atoms with Crippen molar-refractivity contribution in [2.45, 2.75) is 19.4 Å². The minimum Gasteiger partial charge on any atom is -0.306 e. The van der Waals surface area contributed by atoms with Crippen molar-refractivity contribution in [3.8, 4) is 0 Å². The number of carbonyl (C=O) groups excluding carboxylic acids is 2. The first-order valence-electron chi connectivity index (χ1n) is 6.92. The first-order chi connectivity index (χ1) is 10.6. The van der Waals surface area contributed by atoms with Crippen molar-refractivity contribution in [2.24, 2.45) is 0 Å². The molecule has 0 saturated heterocycles. The van der Waals surface area contributed by atoms with Crippen LogP contribution in [0.4, 0.5) is 0 Å². The highest BCUT2D eigenvalue weighted by Crippen LogP contribution is 2.01. The second-order valence-corrected chi connectivity index (χ2v) is 4.75. The molecule has 2 rings (SSSR count). The Labute approximate surface area is 127 Å². The van der Waals surface area contributed by atoms with Crippen LogP contribution in [0.15, 0.2) is 59.5 Å². The highest BCUT2D eigenvalue weighted by atomic mass is 16.2. The number of benzene rings is 1. The highest BCUT2D eigenvalue weighted by molar-refractivity contribution is 5.81. The number of hydrazine groups is 1. The van der Waals surface area contributed by atoms with Gasteiger partial charge < -0.3 is 4.57 Å². The molecule has 114 valence electrons. The molecule has 2 amide bonds. The fourth-order valence-corrected chi connectivity index (χ4v) is 1.89. The Kier molecular flexibility index (Phi) is 5.48. The normalized spacial score (nSPS) is 10.0. The maximum atomic E-state index is 11.7. The monoisotopic (exact) mass is 299 g/mol. The average molecular weight is 299 g/mol. The van der Waals surface area contributed by atoms with E-state index in [0.29, 0.717) is 6.42 Å². The van der Waals surface area contributed by atoms with Crippen LogP contribution in [0.1, 0.15) is 12.0 Å². The summed E-state index contributed by atoms with van der Waals surface area (Å²) in [4.78, 5) is 34.8. The van der Waals surface area contributed by atoms with Crippen LogP contribution >= 0.6 is 0 Å². The minimum absolute atomic E-state index is 0.140. The van der Waals surface area contributed by atoms with E-state index in [-0.39, 0.29) is 24.4 Å². The van der Waals surface area contributed by atoms with Crippen LogP contribution in [-0.4, -0.2) is 16.4 Å². The summed E-state index contributed by atoms with van der Waals surface area (Å²) in [5, 5.41) is 0. The molecule has 0 spiro atoms. The Hall–Kier alpha value is -2.89. The fraction of sp³-hybridized carbons (Fsp3) is 0.188. The highest BCUT2D eigenvalue weighted by Gasteiger charge is 2.06. The van der Waals surface area contributed by atoms with Gasteiger partial charge in [-0.2, -0.15) is 0 Å². The Balaban J connectivity index is 1.73. The molecule has 0 fully saturated rings. The Morgan fingerprint density at radius 2 is 1.59 bits per heavy atom. The van der Waals surface area contributed by atoms with Gasteiger partial charge in [0.1, 0.15) is 6.54 Å². The van der Waals surface area contributed by atoms with Gasteiger partial charge in [-0.05, 0) is 18.1 Å². The van der Waals surface area contributed by atoms with E-state index >= 15 is 0 Å². The van der Waals surface area contributed by atoms with Gasteiger partial charge in [0.05, 0.1) is 0 Å². The van der Waals surface area contributed by atoms with Gasteiger partial charge >= 0.3 is 0 Å². The van der Waals surface area contributed by atoms with Crippen LogP contribution in [0.25, 0.3) is 0 Å². The first kappa shape index (κ1) is 15.5. The molecule has 1 heterocycles. The third-order valence-corrected chi connectivity index (χ3v) is 3.04. The number of aryl methyl sites for hydroxylation is 1. The van der Waals surface area contributed by atoms with E-state index in [1.54, 1.807) is 12.1 Å². The van der Waals surface area contributed by atoms with E-state index in [1.165, 1.54) is 16.8 Å². The number of nitrogens with zero attached hydrogens (tertiary/aromatic N) is 1. The van der Waals surface area contributed by atoms with E-state index in [2.05, 4.69) is 10.9 Å².